The molecule has 1 aliphatic heterocycles. The highest BCUT2D eigenvalue weighted by Gasteiger charge is 2.30. The van der Waals surface area contributed by atoms with Gasteiger partial charge in [0.2, 0.25) is 5.78 Å². The molecule has 0 bridgehead atoms. The molecule has 0 N–H and O–H groups in total. The first-order valence-electron chi connectivity index (χ1n) is 8.07. The van der Waals surface area contributed by atoms with Crippen LogP contribution in [0.3, 0.4) is 0 Å². The molecule has 1 aromatic rings. The van der Waals surface area contributed by atoms with Crippen LogP contribution in [0.25, 0.3) is 0 Å². The Hall–Kier alpha value is -1.69. The molecule has 132 valence electrons. The Morgan fingerprint density at radius 1 is 1.12 bits per heavy atom. The fourth-order valence-corrected chi connectivity index (χ4v) is 4.91. The number of hydrogen-bond acceptors (Lipinski definition) is 5. The Morgan fingerprint density at radius 2 is 1.79 bits per heavy atom. The number of carbonyl (C=O) groups excluding carboxylic acids is 2. The largest absolute Gasteiger partial charge is 0.457 e. The summed E-state index contributed by atoms with van der Waals surface area (Å²) in [6.07, 6.45) is 0.540. The van der Waals surface area contributed by atoms with Crippen molar-refractivity contribution in [2.75, 3.05) is 18.1 Å². The number of esters is 1. The maximum Gasteiger partial charge on any atom is 0.306 e. The molecule has 0 aromatic heterocycles. The second kappa shape index (κ2) is 7.05. The second-order valence-electron chi connectivity index (χ2n) is 6.67. The summed E-state index contributed by atoms with van der Waals surface area (Å²) in [5.74, 6) is -0.769. The molecule has 0 spiro atoms. The summed E-state index contributed by atoms with van der Waals surface area (Å²) in [6.45, 7) is 7.52. The number of aryl methyl sites for hydroxylation is 1. The van der Waals surface area contributed by atoms with Crippen molar-refractivity contribution in [2.45, 2.75) is 40.5 Å². The van der Waals surface area contributed by atoms with Gasteiger partial charge in [-0.1, -0.05) is 0 Å². The van der Waals surface area contributed by atoms with E-state index in [-0.39, 0.29) is 36.2 Å². The van der Waals surface area contributed by atoms with Crippen LogP contribution < -0.4 is 0 Å². The first-order chi connectivity index (χ1) is 11.1. The van der Waals surface area contributed by atoms with Crippen LogP contribution in [0.4, 0.5) is 0 Å². The van der Waals surface area contributed by atoms with Crippen LogP contribution in [-0.2, 0) is 19.4 Å². The summed E-state index contributed by atoms with van der Waals surface area (Å²) in [5.41, 5.74) is 4.74. The number of carbonyl (C=O) groups is 2. The SMILES string of the molecule is Cc1cc(C(=O)COC(=O)CC2CCS(=O)(=O)C2)c(C)c(C)c1C. The van der Waals surface area contributed by atoms with Crippen LogP contribution in [0.15, 0.2) is 6.07 Å². The van der Waals surface area contributed by atoms with Gasteiger partial charge >= 0.3 is 5.97 Å². The Labute approximate surface area is 143 Å². The van der Waals surface area contributed by atoms with Gasteiger partial charge in [-0.3, -0.25) is 9.59 Å². The maximum absolute atomic E-state index is 12.4. The molecule has 0 amide bonds. The van der Waals surface area contributed by atoms with E-state index in [1.165, 1.54) is 0 Å². The second-order valence-corrected chi connectivity index (χ2v) is 8.90. The van der Waals surface area contributed by atoms with Crippen LogP contribution in [0, 0.1) is 33.6 Å². The van der Waals surface area contributed by atoms with E-state index in [1.54, 1.807) is 0 Å². The predicted octanol–water partition coefficient (Wildman–Crippen LogP) is 2.47. The lowest BCUT2D eigenvalue weighted by molar-refractivity contribution is -0.143. The molecule has 24 heavy (non-hydrogen) atoms. The first kappa shape index (κ1) is 18.6. The van der Waals surface area contributed by atoms with Crippen LogP contribution in [-0.4, -0.2) is 38.3 Å². The average molecular weight is 352 g/mol. The zero-order valence-electron chi connectivity index (χ0n) is 14.6. The molecule has 0 saturated carbocycles. The van der Waals surface area contributed by atoms with Crippen molar-refractivity contribution in [3.8, 4) is 0 Å². The van der Waals surface area contributed by atoms with Gasteiger partial charge in [0.05, 0.1) is 11.5 Å². The minimum Gasteiger partial charge on any atom is -0.457 e. The number of Topliss-reactive ketones (excluding diaryl/α,β-unsaturated/α-hetero) is 1. The highest BCUT2D eigenvalue weighted by atomic mass is 32.2. The number of hydrogen-bond donors (Lipinski definition) is 0. The topological polar surface area (TPSA) is 77.5 Å². The van der Waals surface area contributed by atoms with Gasteiger partial charge in [0.15, 0.2) is 16.4 Å². The number of rotatable bonds is 5. The van der Waals surface area contributed by atoms with E-state index < -0.39 is 15.8 Å². The zero-order chi connectivity index (χ0) is 18.1. The maximum atomic E-state index is 12.4. The molecule has 6 heteroatoms. The molecule has 1 fully saturated rings. The van der Waals surface area contributed by atoms with Gasteiger partial charge < -0.3 is 4.74 Å². The van der Waals surface area contributed by atoms with E-state index in [0.717, 1.165) is 22.3 Å². The van der Waals surface area contributed by atoms with Crippen LogP contribution >= 0.6 is 0 Å². The van der Waals surface area contributed by atoms with Crippen molar-refractivity contribution in [3.63, 3.8) is 0 Å². The van der Waals surface area contributed by atoms with E-state index >= 15 is 0 Å². The third-order valence-corrected chi connectivity index (χ3v) is 6.77. The molecule has 1 aliphatic rings. The summed E-state index contributed by atoms with van der Waals surface area (Å²) in [7, 11) is -3.01. The van der Waals surface area contributed by atoms with E-state index in [0.29, 0.717) is 12.0 Å². The number of ether oxygens (including phenoxy) is 1. The summed E-state index contributed by atoms with van der Waals surface area (Å²) in [5, 5.41) is 0. The van der Waals surface area contributed by atoms with Gasteiger partial charge in [-0.15, -0.1) is 0 Å². The fraction of sp³-hybridized carbons (Fsp3) is 0.556. The van der Waals surface area contributed by atoms with Gasteiger partial charge in [0, 0.05) is 12.0 Å². The molecule has 1 aromatic carbocycles. The third-order valence-electron chi connectivity index (χ3n) is 4.93. The van der Waals surface area contributed by atoms with Gasteiger partial charge in [-0.05, 0) is 68.4 Å². The smallest absolute Gasteiger partial charge is 0.306 e. The monoisotopic (exact) mass is 352 g/mol. The van der Waals surface area contributed by atoms with Gasteiger partial charge in [0.1, 0.15) is 0 Å². The molecule has 1 saturated heterocycles. The normalized spacial score (nSPS) is 19.2. The van der Waals surface area contributed by atoms with Crippen molar-refractivity contribution in [3.05, 3.63) is 33.9 Å². The molecular formula is C18H24O5S. The molecular weight excluding hydrogens is 328 g/mol. The molecule has 0 radical (unpaired) electrons. The number of benzene rings is 1. The molecule has 0 aliphatic carbocycles. The third kappa shape index (κ3) is 4.23. The average Bonchev–Trinajstić information content (AvgIpc) is 2.85. The van der Waals surface area contributed by atoms with Gasteiger partial charge in [-0.25, -0.2) is 8.42 Å². The summed E-state index contributed by atoms with van der Waals surface area (Å²) in [6, 6.07) is 1.83. The highest BCUT2D eigenvalue weighted by molar-refractivity contribution is 7.91. The van der Waals surface area contributed by atoms with Crippen LogP contribution in [0.2, 0.25) is 0 Å². The minimum absolute atomic E-state index is 0.0332. The highest BCUT2D eigenvalue weighted by Crippen LogP contribution is 2.23. The van der Waals surface area contributed by atoms with Crippen molar-refractivity contribution >= 4 is 21.6 Å². The molecule has 5 nitrogen and oxygen atoms in total. The fourth-order valence-electron chi connectivity index (χ4n) is 3.05. The van der Waals surface area contributed by atoms with Crippen LogP contribution in [0.5, 0.6) is 0 Å². The molecule has 1 atom stereocenters. The van der Waals surface area contributed by atoms with E-state index in [9.17, 15) is 18.0 Å². The predicted molar refractivity (Wildman–Crippen MR) is 92.1 cm³/mol. The Morgan fingerprint density at radius 3 is 2.38 bits per heavy atom. The van der Waals surface area contributed by atoms with Crippen molar-refractivity contribution in [1.29, 1.82) is 0 Å². The lowest BCUT2D eigenvalue weighted by atomic mass is 9.93. The zero-order valence-corrected chi connectivity index (χ0v) is 15.5. The van der Waals surface area contributed by atoms with E-state index in [1.807, 2.05) is 33.8 Å². The Kier molecular flexibility index (Phi) is 5.48. The van der Waals surface area contributed by atoms with Crippen LogP contribution in [0.1, 0.15) is 45.5 Å². The van der Waals surface area contributed by atoms with Gasteiger partial charge in [0.25, 0.3) is 0 Å². The minimum atomic E-state index is -3.01. The summed E-state index contributed by atoms with van der Waals surface area (Å²) >= 11 is 0. The van der Waals surface area contributed by atoms with Crippen molar-refractivity contribution in [2.24, 2.45) is 5.92 Å². The summed E-state index contributed by atoms with van der Waals surface area (Å²) in [4.78, 5) is 24.2. The van der Waals surface area contributed by atoms with E-state index in [4.69, 9.17) is 4.74 Å². The van der Waals surface area contributed by atoms with Crippen molar-refractivity contribution in [1.82, 2.24) is 0 Å². The molecule has 1 unspecified atom stereocenters. The lowest BCUT2D eigenvalue weighted by Gasteiger charge is -2.14. The summed E-state index contributed by atoms with van der Waals surface area (Å²) < 4.78 is 27.9. The molecule has 2 rings (SSSR count). The Balaban J connectivity index is 1.95. The first-order valence-corrected chi connectivity index (χ1v) is 9.89. The standard InChI is InChI=1S/C18H24O5S/c1-11-7-16(14(4)13(3)12(11)2)17(19)9-23-18(20)8-15-5-6-24(21,22)10-15/h7,15H,5-6,8-10H2,1-4H3. The molecule has 1 heterocycles. The quantitative estimate of drug-likeness (QED) is 0.601. The number of sulfone groups is 1. The van der Waals surface area contributed by atoms with Gasteiger partial charge in [-0.2, -0.15) is 0 Å². The van der Waals surface area contributed by atoms with Crippen molar-refractivity contribution < 1.29 is 22.7 Å². The van der Waals surface area contributed by atoms with E-state index in [2.05, 4.69) is 0 Å². The number of ketones is 1. The Bertz CT molecular complexity index is 777. The lowest BCUT2D eigenvalue weighted by Crippen LogP contribution is -2.18.